The number of rotatable bonds is 3. The highest BCUT2D eigenvalue weighted by molar-refractivity contribution is 5.80. The van der Waals surface area contributed by atoms with E-state index in [9.17, 15) is 4.39 Å². The van der Waals surface area contributed by atoms with E-state index >= 15 is 0 Å². The summed E-state index contributed by atoms with van der Waals surface area (Å²) in [6.45, 7) is 2.57. The fourth-order valence-electron chi connectivity index (χ4n) is 2.39. The molecule has 2 aromatic heterocycles. The summed E-state index contributed by atoms with van der Waals surface area (Å²) in [5.74, 6) is 0.584. The Kier molecular flexibility index (Phi) is 3.14. The van der Waals surface area contributed by atoms with E-state index in [4.69, 9.17) is 4.74 Å². The van der Waals surface area contributed by atoms with Gasteiger partial charge in [-0.25, -0.2) is 4.39 Å². The number of fused-ring (bicyclic) bond motifs is 1. The highest BCUT2D eigenvalue weighted by Crippen LogP contribution is 2.20. The fraction of sp³-hybridized carbons (Fsp3) is 0.188. The molecule has 0 fully saturated rings. The molecule has 0 bridgehead atoms. The van der Waals surface area contributed by atoms with Crippen LogP contribution in [0.25, 0.3) is 10.9 Å². The van der Waals surface area contributed by atoms with Crippen LogP contribution in [0.5, 0.6) is 5.75 Å². The second-order valence-corrected chi connectivity index (χ2v) is 4.79. The second-order valence-electron chi connectivity index (χ2n) is 4.79. The number of aryl methyl sites for hydroxylation is 1. The van der Waals surface area contributed by atoms with Crippen molar-refractivity contribution >= 4 is 10.9 Å². The molecule has 0 aliphatic rings. The first-order valence-electron chi connectivity index (χ1n) is 6.41. The smallest absolute Gasteiger partial charge is 0.123 e. The van der Waals surface area contributed by atoms with Crippen LogP contribution >= 0.6 is 0 Å². The van der Waals surface area contributed by atoms with Crippen molar-refractivity contribution in [2.45, 2.75) is 13.5 Å². The number of halogens is 1. The molecule has 3 nitrogen and oxygen atoms in total. The Balaban J connectivity index is 1.99. The van der Waals surface area contributed by atoms with Crippen LogP contribution in [0.3, 0.4) is 0 Å². The quantitative estimate of drug-likeness (QED) is 0.728. The maximum absolute atomic E-state index is 13.2. The van der Waals surface area contributed by atoms with E-state index in [1.54, 1.807) is 13.2 Å². The van der Waals surface area contributed by atoms with Gasteiger partial charge < -0.3 is 9.30 Å². The van der Waals surface area contributed by atoms with Crippen LogP contribution in [0.2, 0.25) is 0 Å². The zero-order chi connectivity index (χ0) is 14.1. The molecule has 102 valence electrons. The third-order valence-electron chi connectivity index (χ3n) is 3.28. The van der Waals surface area contributed by atoms with Gasteiger partial charge in [-0.15, -0.1) is 0 Å². The zero-order valence-electron chi connectivity index (χ0n) is 11.4. The van der Waals surface area contributed by atoms with Gasteiger partial charge in [0.2, 0.25) is 0 Å². The summed E-state index contributed by atoms with van der Waals surface area (Å²) >= 11 is 0. The highest BCUT2D eigenvalue weighted by atomic mass is 19.1. The summed E-state index contributed by atoms with van der Waals surface area (Å²) < 4.78 is 20.5. The number of pyridine rings is 1. The lowest BCUT2D eigenvalue weighted by molar-refractivity contribution is 0.413. The van der Waals surface area contributed by atoms with E-state index in [1.165, 1.54) is 12.1 Å². The molecule has 2 heterocycles. The van der Waals surface area contributed by atoms with E-state index in [-0.39, 0.29) is 5.82 Å². The molecule has 0 unspecified atom stereocenters. The molecular formula is C16H15FN2O. The molecule has 3 rings (SSSR count). The van der Waals surface area contributed by atoms with E-state index in [1.807, 2.05) is 31.3 Å². The number of methoxy groups -OCH3 is 1. The average molecular weight is 270 g/mol. The van der Waals surface area contributed by atoms with Gasteiger partial charge in [-0.2, -0.15) is 0 Å². The summed E-state index contributed by atoms with van der Waals surface area (Å²) in [4.78, 5) is 4.51. The average Bonchev–Trinajstić information content (AvgIpc) is 2.80. The van der Waals surface area contributed by atoms with Gasteiger partial charge in [-0.05, 0) is 31.2 Å². The fourth-order valence-corrected chi connectivity index (χ4v) is 2.39. The summed E-state index contributed by atoms with van der Waals surface area (Å²) in [6, 6.07) is 10.5. The van der Waals surface area contributed by atoms with Gasteiger partial charge in [0, 0.05) is 34.9 Å². The predicted octanol–water partition coefficient (Wildman–Crippen LogP) is 3.54. The Morgan fingerprint density at radius 1 is 1.20 bits per heavy atom. The summed E-state index contributed by atoms with van der Waals surface area (Å²) in [6.07, 6.45) is 1.95. The maximum atomic E-state index is 13.2. The van der Waals surface area contributed by atoms with Crippen LogP contribution in [0.15, 0.2) is 42.6 Å². The lowest BCUT2D eigenvalue weighted by Crippen LogP contribution is -2.02. The molecule has 3 aromatic rings. The molecule has 0 saturated carbocycles. The van der Waals surface area contributed by atoms with Gasteiger partial charge in [-0.3, -0.25) is 4.98 Å². The maximum Gasteiger partial charge on any atom is 0.123 e. The number of hydrogen-bond donors (Lipinski definition) is 0. The van der Waals surface area contributed by atoms with Crippen LogP contribution < -0.4 is 4.74 Å². The van der Waals surface area contributed by atoms with Crippen molar-refractivity contribution in [1.29, 1.82) is 0 Å². The molecule has 0 amide bonds. The Morgan fingerprint density at radius 2 is 2.05 bits per heavy atom. The minimum absolute atomic E-state index is 0.217. The SMILES string of the molecule is COc1cc(C)nc(Cn2ccc3cc(F)ccc32)c1. The Labute approximate surface area is 116 Å². The third-order valence-corrected chi connectivity index (χ3v) is 3.28. The van der Waals surface area contributed by atoms with E-state index in [0.717, 1.165) is 28.0 Å². The highest BCUT2D eigenvalue weighted by Gasteiger charge is 2.05. The summed E-state index contributed by atoms with van der Waals surface area (Å²) in [7, 11) is 1.65. The van der Waals surface area contributed by atoms with Crippen LogP contribution in [0.1, 0.15) is 11.4 Å². The van der Waals surface area contributed by atoms with Crippen molar-refractivity contribution in [3.8, 4) is 5.75 Å². The van der Waals surface area contributed by atoms with Crippen molar-refractivity contribution in [3.05, 3.63) is 59.8 Å². The van der Waals surface area contributed by atoms with Gasteiger partial charge in [0.25, 0.3) is 0 Å². The first-order valence-corrected chi connectivity index (χ1v) is 6.41. The van der Waals surface area contributed by atoms with Crippen molar-refractivity contribution in [2.75, 3.05) is 7.11 Å². The largest absolute Gasteiger partial charge is 0.497 e. The van der Waals surface area contributed by atoms with Gasteiger partial charge in [0.05, 0.1) is 19.3 Å². The summed E-state index contributed by atoms with van der Waals surface area (Å²) in [5.41, 5.74) is 2.83. The molecule has 0 atom stereocenters. The Morgan fingerprint density at radius 3 is 2.85 bits per heavy atom. The minimum Gasteiger partial charge on any atom is -0.497 e. The first-order chi connectivity index (χ1) is 9.65. The lowest BCUT2D eigenvalue weighted by atomic mass is 10.2. The first kappa shape index (κ1) is 12.7. The lowest BCUT2D eigenvalue weighted by Gasteiger charge is -2.08. The van der Waals surface area contributed by atoms with E-state index in [0.29, 0.717) is 6.54 Å². The van der Waals surface area contributed by atoms with Crippen LogP contribution in [0.4, 0.5) is 4.39 Å². The van der Waals surface area contributed by atoms with Gasteiger partial charge >= 0.3 is 0 Å². The number of ether oxygens (including phenoxy) is 1. The molecule has 0 saturated heterocycles. The topological polar surface area (TPSA) is 27.1 Å². The number of aromatic nitrogens is 2. The van der Waals surface area contributed by atoms with Crippen molar-refractivity contribution in [1.82, 2.24) is 9.55 Å². The molecule has 20 heavy (non-hydrogen) atoms. The van der Waals surface area contributed by atoms with Crippen LogP contribution in [0, 0.1) is 12.7 Å². The van der Waals surface area contributed by atoms with Crippen LogP contribution in [-0.2, 0) is 6.54 Å². The standard InChI is InChI=1S/C16H15FN2O/c1-11-7-15(20-2)9-14(18-11)10-19-6-5-12-8-13(17)3-4-16(12)19/h3-9H,10H2,1-2H3. The molecule has 0 aliphatic heterocycles. The van der Waals surface area contributed by atoms with Gasteiger partial charge in [0.15, 0.2) is 0 Å². The molecule has 4 heteroatoms. The second kappa shape index (κ2) is 4.96. The van der Waals surface area contributed by atoms with E-state index < -0.39 is 0 Å². The van der Waals surface area contributed by atoms with Crippen molar-refractivity contribution in [2.24, 2.45) is 0 Å². The number of hydrogen-bond acceptors (Lipinski definition) is 2. The minimum atomic E-state index is -0.217. The Hall–Kier alpha value is -2.36. The van der Waals surface area contributed by atoms with Gasteiger partial charge in [-0.1, -0.05) is 0 Å². The molecule has 0 N–H and O–H groups in total. The molecule has 0 aliphatic carbocycles. The monoisotopic (exact) mass is 270 g/mol. The molecule has 0 radical (unpaired) electrons. The number of nitrogens with zero attached hydrogens (tertiary/aromatic N) is 2. The zero-order valence-corrected chi connectivity index (χ0v) is 11.4. The third kappa shape index (κ3) is 2.37. The van der Waals surface area contributed by atoms with Crippen LogP contribution in [-0.4, -0.2) is 16.7 Å². The van der Waals surface area contributed by atoms with Crippen molar-refractivity contribution < 1.29 is 9.13 Å². The van der Waals surface area contributed by atoms with E-state index in [2.05, 4.69) is 9.55 Å². The predicted molar refractivity (Wildman–Crippen MR) is 76.5 cm³/mol. The number of benzene rings is 1. The normalized spacial score (nSPS) is 10.9. The van der Waals surface area contributed by atoms with Crippen molar-refractivity contribution in [3.63, 3.8) is 0 Å². The Bertz CT molecular complexity index is 764. The van der Waals surface area contributed by atoms with Gasteiger partial charge in [0.1, 0.15) is 11.6 Å². The summed E-state index contributed by atoms with van der Waals surface area (Å²) in [5, 5.41) is 0.893. The molecule has 0 spiro atoms. The molecular weight excluding hydrogens is 255 g/mol. The molecule has 1 aromatic carbocycles.